The second-order valence-corrected chi connectivity index (χ2v) is 3.96. The van der Waals surface area contributed by atoms with Crippen LogP contribution in [0.25, 0.3) is 5.65 Å². The zero-order valence-electron chi connectivity index (χ0n) is 9.75. The minimum absolute atomic E-state index is 0.0140. The number of amides is 1. The highest BCUT2D eigenvalue weighted by molar-refractivity contribution is 5.91. The Kier molecular flexibility index (Phi) is 3.17. The number of anilines is 1. The fourth-order valence-corrected chi connectivity index (χ4v) is 1.61. The molecule has 0 aliphatic rings. The quantitative estimate of drug-likeness (QED) is 0.856. The van der Waals surface area contributed by atoms with Crippen LogP contribution >= 0.6 is 0 Å². The molecule has 0 aliphatic carbocycles. The summed E-state index contributed by atoms with van der Waals surface area (Å²) in [4.78, 5) is 15.1. The van der Waals surface area contributed by atoms with E-state index in [1.165, 1.54) is 23.5 Å². The lowest BCUT2D eigenvalue weighted by Crippen LogP contribution is -2.21. The monoisotopic (exact) mass is 275 g/mol. The van der Waals surface area contributed by atoms with Gasteiger partial charge in [0, 0.05) is 6.20 Å². The molecule has 2 aromatic rings. The smallest absolute Gasteiger partial charge is 0.309 e. The maximum absolute atomic E-state index is 13.0. The number of aryl methyl sites for hydroxylation is 1. The van der Waals surface area contributed by atoms with Gasteiger partial charge in [0.2, 0.25) is 5.91 Å². The highest BCUT2D eigenvalue weighted by Gasteiger charge is 2.31. The van der Waals surface area contributed by atoms with Crippen LogP contribution in [0.4, 0.5) is 23.4 Å². The van der Waals surface area contributed by atoms with Crippen LogP contribution in [0.5, 0.6) is 0 Å². The molecular formula is C11H9F4N3O. The lowest BCUT2D eigenvalue weighted by Gasteiger charge is -2.06. The molecule has 19 heavy (non-hydrogen) atoms. The Bertz CT molecular complexity index is 633. The molecule has 0 unspecified atom stereocenters. The van der Waals surface area contributed by atoms with Gasteiger partial charge in [-0.05, 0) is 19.1 Å². The summed E-state index contributed by atoms with van der Waals surface area (Å²) in [6, 6.07) is 2.53. The second-order valence-electron chi connectivity index (χ2n) is 3.96. The molecule has 0 aromatic carbocycles. The van der Waals surface area contributed by atoms with Gasteiger partial charge >= 0.3 is 6.18 Å². The summed E-state index contributed by atoms with van der Waals surface area (Å²) < 4.78 is 50.5. The Morgan fingerprint density at radius 3 is 2.74 bits per heavy atom. The molecule has 0 atom stereocenters. The molecule has 0 saturated carbocycles. The van der Waals surface area contributed by atoms with Crippen molar-refractivity contribution in [1.82, 2.24) is 9.38 Å². The molecule has 0 fully saturated rings. The van der Waals surface area contributed by atoms with E-state index in [1.807, 2.05) is 0 Å². The molecule has 2 aromatic heterocycles. The fraction of sp³-hybridized carbons (Fsp3) is 0.273. The van der Waals surface area contributed by atoms with Crippen LogP contribution in [0.15, 0.2) is 18.3 Å². The highest BCUT2D eigenvalue weighted by Crippen LogP contribution is 2.22. The molecule has 0 saturated heterocycles. The van der Waals surface area contributed by atoms with Crippen LogP contribution in [0.1, 0.15) is 12.1 Å². The second kappa shape index (κ2) is 4.52. The third kappa shape index (κ3) is 3.01. The number of rotatable bonds is 2. The molecule has 0 bridgehead atoms. The zero-order chi connectivity index (χ0) is 14.2. The Hall–Kier alpha value is -2.12. The van der Waals surface area contributed by atoms with Crippen molar-refractivity contribution in [1.29, 1.82) is 0 Å². The summed E-state index contributed by atoms with van der Waals surface area (Å²) in [5, 5.41) is 2.06. The van der Waals surface area contributed by atoms with Gasteiger partial charge in [0.05, 0.1) is 5.69 Å². The molecule has 0 radical (unpaired) electrons. The SMILES string of the molecule is Cc1c(NC(=O)CC(F)(F)F)nc2ccc(F)cn12. The van der Waals surface area contributed by atoms with Crippen LogP contribution in [-0.2, 0) is 4.79 Å². The van der Waals surface area contributed by atoms with Crippen molar-refractivity contribution < 1.29 is 22.4 Å². The Morgan fingerprint density at radius 2 is 2.11 bits per heavy atom. The normalized spacial score (nSPS) is 11.8. The predicted octanol–water partition coefficient (Wildman–Crippen LogP) is 2.67. The van der Waals surface area contributed by atoms with Crippen molar-refractivity contribution >= 4 is 17.4 Å². The number of carbonyl (C=O) groups excluding carboxylic acids is 1. The van der Waals surface area contributed by atoms with E-state index in [9.17, 15) is 22.4 Å². The Labute approximate surface area is 105 Å². The minimum Gasteiger partial charge on any atom is -0.309 e. The summed E-state index contributed by atoms with van der Waals surface area (Å²) >= 11 is 0. The molecule has 2 heterocycles. The number of alkyl halides is 3. The highest BCUT2D eigenvalue weighted by atomic mass is 19.4. The molecule has 0 spiro atoms. The molecule has 2 rings (SSSR count). The topological polar surface area (TPSA) is 46.4 Å². The van der Waals surface area contributed by atoms with E-state index in [1.54, 1.807) is 0 Å². The Balaban J connectivity index is 2.26. The van der Waals surface area contributed by atoms with Crippen molar-refractivity contribution in [3.05, 3.63) is 29.8 Å². The van der Waals surface area contributed by atoms with E-state index < -0.39 is 24.3 Å². The predicted molar refractivity (Wildman–Crippen MR) is 59.2 cm³/mol. The number of imidazole rings is 1. The first-order chi connectivity index (χ1) is 8.76. The van der Waals surface area contributed by atoms with E-state index in [0.29, 0.717) is 11.3 Å². The molecular weight excluding hydrogens is 266 g/mol. The third-order valence-electron chi connectivity index (χ3n) is 2.44. The number of nitrogens with zero attached hydrogens (tertiary/aromatic N) is 2. The van der Waals surface area contributed by atoms with Crippen molar-refractivity contribution in [3.63, 3.8) is 0 Å². The van der Waals surface area contributed by atoms with Gasteiger partial charge in [0.1, 0.15) is 17.9 Å². The Morgan fingerprint density at radius 1 is 1.42 bits per heavy atom. The van der Waals surface area contributed by atoms with Crippen LogP contribution in [0, 0.1) is 12.7 Å². The van der Waals surface area contributed by atoms with Gasteiger partial charge in [-0.1, -0.05) is 0 Å². The molecule has 0 aliphatic heterocycles. The molecule has 4 nitrogen and oxygen atoms in total. The lowest BCUT2D eigenvalue weighted by molar-refractivity contribution is -0.150. The molecule has 1 N–H and O–H groups in total. The third-order valence-corrected chi connectivity index (χ3v) is 2.44. The fourth-order valence-electron chi connectivity index (χ4n) is 1.61. The number of carbonyl (C=O) groups is 1. The van der Waals surface area contributed by atoms with E-state index in [0.717, 1.165) is 6.20 Å². The average Bonchev–Trinajstić information content (AvgIpc) is 2.54. The summed E-state index contributed by atoms with van der Waals surface area (Å²) in [7, 11) is 0. The van der Waals surface area contributed by atoms with Crippen molar-refractivity contribution in [2.75, 3.05) is 5.32 Å². The maximum Gasteiger partial charge on any atom is 0.397 e. The maximum atomic E-state index is 13.0. The van der Waals surface area contributed by atoms with Gasteiger partial charge < -0.3 is 5.32 Å². The van der Waals surface area contributed by atoms with Crippen molar-refractivity contribution in [3.8, 4) is 0 Å². The number of halogens is 4. The van der Waals surface area contributed by atoms with E-state index in [4.69, 9.17) is 0 Å². The number of fused-ring (bicyclic) bond motifs is 1. The molecule has 8 heteroatoms. The van der Waals surface area contributed by atoms with E-state index >= 15 is 0 Å². The lowest BCUT2D eigenvalue weighted by atomic mass is 10.4. The number of pyridine rings is 1. The van der Waals surface area contributed by atoms with Gasteiger partial charge in [-0.15, -0.1) is 0 Å². The first-order valence-corrected chi connectivity index (χ1v) is 5.27. The van der Waals surface area contributed by atoms with Gasteiger partial charge in [-0.3, -0.25) is 9.20 Å². The summed E-state index contributed by atoms with van der Waals surface area (Å²) in [6.07, 6.45) is -5.03. The largest absolute Gasteiger partial charge is 0.397 e. The van der Waals surface area contributed by atoms with E-state index in [2.05, 4.69) is 10.3 Å². The average molecular weight is 275 g/mol. The van der Waals surface area contributed by atoms with Gasteiger partial charge in [-0.2, -0.15) is 13.2 Å². The first kappa shape index (κ1) is 13.3. The van der Waals surface area contributed by atoms with Gasteiger partial charge in [0.25, 0.3) is 0 Å². The first-order valence-electron chi connectivity index (χ1n) is 5.27. The van der Waals surface area contributed by atoms with Crippen LogP contribution in [0.3, 0.4) is 0 Å². The molecule has 1 amide bonds. The van der Waals surface area contributed by atoms with Crippen molar-refractivity contribution in [2.24, 2.45) is 0 Å². The number of hydrogen-bond donors (Lipinski definition) is 1. The van der Waals surface area contributed by atoms with Gasteiger partial charge in [0.15, 0.2) is 5.82 Å². The summed E-state index contributed by atoms with van der Waals surface area (Å²) in [6.45, 7) is 1.52. The standard InChI is InChI=1S/C11H9F4N3O/c1-6-10(17-9(19)4-11(13,14)15)16-8-3-2-7(12)5-18(6)8/h2-3,5H,4H2,1H3,(H,17,19). The number of nitrogens with one attached hydrogen (secondary N) is 1. The minimum atomic E-state index is -4.58. The van der Waals surface area contributed by atoms with Crippen LogP contribution in [0.2, 0.25) is 0 Å². The number of aromatic nitrogens is 2. The van der Waals surface area contributed by atoms with E-state index in [-0.39, 0.29) is 5.82 Å². The van der Waals surface area contributed by atoms with Gasteiger partial charge in [-0.25, -0.2) is 9.37 Å². The molecule has 102 valence electrons. The van der Waals surface area contributed by atoms with Crippen LogP contribution < -0.4 is 5.32 Å². The summed E-state index contributed by atoms with van der Waals surface area (Å²) in [5.74, 6) is -1.74. The van der Waals surface area contributed by atoms with Crippen molar-refractivity contribution in [2.45, 2.75) is 19.5 Å². The number of hydrogen-bond acceptors (Lipinski definition) is 2. The summed E-state index contributed by atoms with van der Waals surface area (Å²) in [5.41, 5.74) is 0.686. The zero-order valence-corrected chi connectivity index (χ0v) is 9.75. The van der Waals surface area contributed by atoms with Crippen LogP contribution in [-0.4, -0.2) is 21.5 Å².